The molecule has 0 spiro atoms. The molecule has 5 heterocycles. The van der Waals surface area contributed by atoms with Gasteiger partial charge >= 0.3 is 12.3 Å². The number of thiazole rings is 1. The second-order valence-electron chi connectivity index (χ2n) is 9.65. The maximum absolute atomic E-state index is 13.7. The molecule has 2 aliphatic heterocycles. The Labute approximate surface area is 198 Å². The van der Waals surface area contributed by atoms with E-state index >= 15 is 0 Å². The molecular formula is C22H25F3N6O2S. The van der Waals surface area contributed by atoms with Crippen molar-refractivity contribution in [1.82, 2.24) is 24.5 Å². The van der Waals surface area contributed by atoms with E-state index in [0.29, 0.717) is 23.8 Å². The van der Waals surface area contributed by atoms with E-state index in [1.807, 2.05) is 25.7 Å². The lowest BCUT2D eigenvalue weighted by Gasteiger charge is -2.49. The van der Waals surface area contributed by atoms with E-state index < -0.39 is 17.3 Å². The summed E-state index contributed by atoms with van der Waals surface area (Å²) in [6, 6.07) is 2.17. The fourth-order valence-corrected chi connectivity index (χ4v) is 5.35. The lowest BCUT2D eigenvalue weighted by molar-refractivity contribution is -0.136. The van der Waals surface area contributed by atoms with Crippen LogP contribution < -0.4 is 4.90 Å². The molecule has 0 N–H and O–H groups in total. The van der Waals surface area contributed by atoms with Crippen LogP contribution in [-0.4, -0.2) is 61.3 Å². The third kappa shape index (κ3) is 4.19. The van der Waals surface area contributed by atoms with Crippen LogP contribution in [0.3, 0.4) is 0 Å². The van der Waals surface area contributed by atoms with E-state index in [2.05, 4.69) is 15.1 Å². The molecule has 2 bridgehead atoms. The molecule has 0 aromatic carbocycles. The van der Waals surface area contributed by atoms with Crippen molar-refractivity contribution in [3.05, 3.63) is 29.3 Å². The minimum atomic E-state index is -4.57. The molecule has 3 aromatic rings. The Morgan fingerprint density at radius 2 is 1.85 bits per heavy atom. The number of amides is 1. The van der Waals surface area contributed by atoms with Gasteiger partial charge in [-0.2, -0.15) is 18.2 Å². The van der Waals surface area contributed by atoms with Gasteiger partial charge < -0.3 is 9.64 Å². The number of carbonyl (C=O) groups excluding carboxylic acids is 1. The van der Waals surface area contributed by atoms with Gasteiger partial charge in [-0.25, -0.2) is 14.3 Å². The Balaban J connectivity index is 1.51. The Morgan fingerprint density at radius 1 is 1.15 bits per heavy atom. The molecule has 2 saturated heterocycles. The average molecular weight is 495 g/mol. The first-order valence-corrected chi connectivity index (χ1v) is 12.0. The molecule has 0 saturated carbocycles. The highest BCUT2D eigenvalue weighted by atomic mass is 32.1. The zero-order chi connectivity index (χ0) is 24.3. The summed E-state index contributed by atoms with van der Waals surface area (Å²) in [6.07, 6.45) is -0.768. The number of carbonyl (C=O) groups is 1. The minimum absolute atomic E-state index is 0.116. The normalized spacial score (nSPS) is 21.2. The number of hydrogen-bond donors (Lipinski definition) is 0. The van der Waals surface area contributed by atoms with Crippen molar-refractivity contribution in [2.75, 3.05) is 18.0 Å². The molecule has 5 rings (SSSR count). The molecular weight excluding hydrogens is 469 g/mol. The third-order valence-electron chi connectivity index (χ3n) is 6.04. The molecule has 8 nitrogen and oxygen atoms in total. The van der Waals surface area contributed by atoms with E-state index in [-0.39, 0.29) is 29.8 Å². The molecule has 2 aliphatic rings. The number of ether oxygens (including phenoxy) is 1. The molecule has 34 heavy (non-hydrogen) atoms. The summed E-state index contributed by atoms with van der Waals surface area (Å²) in [5, 5.41) is 6.80. The maximum Gasteiger partial charge on any atom is 0.420 e. The van der Waals surface area contributed by atoms with Gasteiger partial charge in [0.25, 0.3) is 0 Å². The number of nitrogens with zero attached hydrogens (tertiary/aromatic N) is 6. The summed E-state index contributed by atoms with van der Waals surface area (Å²) in [4.78, 5) is 25.1. The van der Waals surface area contributed by atoms with E-state index in [1.165, 1.54) is 21.9 Å². The van der Waals surface area contributed by atoms with Gasteiger partial charge in [0.15, 0.2) is 5.65 Å². The van der Waals surface area contributed by atoms with Gasteiger partial charge in [0.05, 0.1) is 12.1 Å². The van der Waals surface area contributed by atoms with Crippen molar-refractivity contribution >= 4 is 29.0 Å². The van der Waals surface area contributed by atoms with Crippen LogP contribution in [0.1, 0.15) is 45.6 Å². The number of alkyl halides is 3. The Bertz CT molecular complexity index is 1190. The van der Waals surface area contributed by atoms with E-state index in [0.717, 1.165) is 25.3 Å². The molecule has 2 atom stereocenters. The monoisotopic (exact) mass is 494 g/mol. The van der Waals surface area contributed by atoms with Gasteiger partial charge in [-0.3, -0.25) is 4.90 Å². The molecule has 12 heteroatoms. The predicted molar refractivity (Wildman–Crippen MR) is 121 cm³/mol. The van der Waals surface area contributed by atoms with Gasteiger partial charge in [0, 0.05) is 24.7 Å². The second-order valence-corrected chi connectivity index (χ2v) is 10.5. The van der Waals surface area contributed by atoms with Crippen LogP contribution in [0.2, 0.25) is 0 Å². The van der Waals surface area contributed by atoms with Crippen LogP contribution in [-0.2, 0) is 10.9 Å². The lowest BCUT2D eigenvalue weighted by atomic mass is 9.92. The van der Waals surface area contributed by atoms with Gasteiger partial charge in [-0.1, -0.05) is 0 Å². The van der Waals surface area contributed by atoms with E-state index in [1.54, 1.807) is 16.5 Å². The highest BCUT2D eigenvalue weighted by Crippen LogP contribution is 2.36. The molecule has 182 valence electrons. The summed E-state index contributed by atoms with van der Waals surface area (Å²) in [5.41, 5.74) is -1.26. The van der Waals surface area contributed by atoms with Crippen molar-refractivity contribution < 1.29 is 22.7 Å². The average Bonchev–Trinajstić information content (AvgIpc) is 3.40. The molecule has 0 aliphatic carbocycles. The quantitative estimate of drug-likeness (QED) is 0.507. The van der Waals surface area contributed by atoms with E-state index in [4.69, 9.17) is 4.74 Å². The summed E-state index contributed by atoms with van der Waals surface area (Å²) in [6.45, 7) is 6.35. The van der Waals surface area contributed by atoms with Crippen LogP contribution >= 0.6 is 11.3 Å². The SMILES string of the molecule is CC(C)(C)OC(=O)N1C2CCCC1CN(c1nc3c(C(F)(F)F)ccc(-c4nccs4)n3n1)C2. The van der Waals surface area contributed by atoms with Gasteiger partial charge in [-0.05, 0) is 52.2 Å². The number of rotatable bonds is 2. The molecule has 1 amide bonds. The van der Waals surface area contributed by atoms with Crippen molar-refractivity contribution in [2.45, 2.75) is 63.9 Å². The largest absolute Gasteiger partial charge is 0.444 e. The lowest BCUT2D eigenvalue weighted by Crippen LogP contribution is -2.63. The summed E-state index contributed by atoms with van der Waals surface area (Å²) >= 11 is 1.32. The second kappa shape index (κ2) is 8.10. The Kier molecular flexibility index (Phi) is 5.45. The summed E-state index contributed by atoms with van der Waals surface area (Å²) in [7, 11) is 0. The third-order valence-corrected chi connectivity index (χ3v) is 6.84. The number of piperazine rings is 1. The zero-order valence-corrected chi connectivity index (χ0v) is 19.9. The molecule has 0 radical (unpaired) electrons. The maximum atomic E-state index is 13.7. The molecule has 2 unspecified atom stereocenters. The predicted octanol–water partition coefficient (Wildman–Crippen LogP) is 4.85. The van der Waals surface area contributed by atoms with Crippen molar-refractivity contribution in [3.8, 4) is 10.7 Å². The zero-order valence-electron chi connectivity index (χ0n) is 19.0. The van der Waals surface area contributed by atoms with Crippen LogP contribution in [0.15, 0.2) is 23.7 Å². The highest BCUT2D eigenvalue weighted by molar-refractivity contribution is 7.13. The fraction of sp³-hybridized carbons (Fsp3) is 0.545. The standard InChI is InChI=1S/C22H25F3N6O2S/c1-21(2,3)33-20(32)30-13-5-4-6-14(30)12-29(11-13)19-27-17-15(22(23,24)25)7-8-16(31(17)28-19)18-26-9-10-34-18/h7-10,13-14H,4-6,11-12H2,1-3H3. The number of pyridine rings is 1. The first-order valence-electron chi connectivity index (χ1n) is 11.1. The smallest absolute Gasteiger partial charge is 0.420 e. The topological polar surface area (TPSA) is 75.9 Å². The fourth-order valence-electron chi connectivity index (χ4n) is 4.70. The first kappa shape index (κ1) is 22.9. The van der Waals surface area contributed by atoms with Gasteiger partial charge in [0.2, 0.25) is 5.95 Å². The number of hydrogen-bond acceptors (Lipinski definition) is 7. The van der Waals surface area contributed by atoms with E-state index in [9.17, 15) is 18.0 Å². The molecule has 3 aromatic heterocycles. The molecule has 2 fully saturated rings. The summed E-state index contributed by atoms with van der Waals surface area (Å²) in [5.74, 6) is 0.218. The summed E-state index contributed by atoms with van der Waals surface area (Å²) < 4.78 is 48.1. The minimum Gasteiger partial charge on any atom is -0.444 e. The first-order chi connectivity index (χ1) is 16.0. The van der Waals surface area contributed by atoms with Crippen LogP contribution in [0.5, 0.6) is 0 Å². The Hall–Kier alpha value is -2.89. The van der Waals surface area contributed by atoms with Crippen LogP contribution in [0.4, 0.5) is 23.9 Å². The number of piperidine rings is 1. The highest BCUT2D eigenvalue weighted by Gasteiger charge is 2.43. The van der Waals surface area contributed by atoms with Gasteiger partial charge in [0.1, 0.15) is 21.9 Å². The van der Waals surface area contributed by atoms with Crippen LogP contribution in [0.25, 0.3) is 16.3 Å². The van der Waals surface area contributed by atoms with Crippen LogP contribution in [0, 0.1) is 0 Å². The number of fused-ring (bicyclic) bond motifs is 3. The van der Waals surface area contributed by atoms with Gasteiger partial charge in [-0.15, -0.1) is 16.4 Å². The number of anilines is 1. The number of halogens is 3. The Morgan fingerprint density at radius 3 is 2.44 bits per heavy atom. The number of aromatic nitrogens is 4. The van der Waals surface area contributed by atoms with Crippen molar-refractivity contribution in [2.24, 2.45) is 0 Å². The van der Waals surface area contributed by atoms with Crippen molar-refractivity contribution in [1.29, 1.82) is 0 Å². The van der Waals surface area contributed by atoms with Crippen molar-refractivity contribution in [3.63, 3.8) is 0 Å².